The van der Waals surface area contributed by atoms with E-state index >= 15 is 0 Å². The molecule has 0 atom stereocenters. The van der Waals surface area contributed by atoms with Crippen LogP contribution in [0.25, 0.3) is 76.8 Å². The highest BCUT2D eigenvalue weighted by Crippen LogP contribution is 2.38. The molecule has 0 unspecified atom stereocenters. The largest absolute Gasteiger partial charge is 0.361 e. The summed E-state index contributed by atoms with van der Waals surface area (Å²) in [4.78, 5) is 0. The van der Waals surface area contributed by atoms with Crippen LogP contribution in [-0.4, -0.2) is 20.3 Å². The van der Waals surface area contributed by atoms with Gasteiger partial charge in [-0.25, -0.2) is 0 Å². The van der Waals surface area contributed by atoms with Gasteiger partial charge in [0, 0.05) is 50.3 Å². The number of ether oxygens (including phenoxy) is 1. The molecule has 4 heteroatoms. The molecule has 0 bridgehead atoms. The quantitative estimate of drug-likeness (QED) is 0.207. The van der Waals surface area contributed by atoms with E-state index in [9.17, 15) is 0 Å². The van der Waals surface area contributed by atoms with Gasteiger partial charge >= 0.3 is 0 Å². The molecule has 0 saturated heterocycles. The fraction of sp³-hybridized carbons (Fsp3) is 0.0769. The Kier molecular flexibility index (Phi) is 5.28. The first-order chi connectivity index (χ1) is 21.3. The second-order valence-electron chi connectivity index (χ2n) is 11.2. The second kappa shape index (κ2) is 9.35. The Hall–Kier alpha value is -5.32. The lowest BCUT2D eigenvalue weighted by atomic mass is 10.1. The summed E-state index contributed by atoms with van der Waals surface area (Å²) in [5.41, 5.74) is 9.52. The highest BCUT2D eigenvalue weighted by molar-refractivity contribution is 6.13. The van der Waals surface area contributed by atoms with Crippen molar-refractivity contribution < 1.29 is 4.74 Å². The molecule has 9 aromatic rings. The summed E-state index contributed by atoms with van der Waals surface area (Å²) >= 11 is 0. The van der Waals surface area contributed by atoms with Crippen LogP contribution in [-0.2, 0) is 11.5 Å². The normalized spacial score (nSPS) is 12.1. The number of fused-ring (bicyclic) bond motifs is 9. The Morgan fingerprint density at radius 1 is 0.419 bits per heavy atom. The van der Waals surface area contributed by atoms with Crippen LogP contribution in [0.5, 0.6) is 0 Å². The Balaban J connectivity index is 1.35. The van der Waals surface area contributed by atoms with E-state index in [1.54, 1.807) is 0 Å². The van der Waals surface area contributed by atoms with Crippen molar-refractivity contribution in [3.05, 3.63) is 133 Å². The third-order valence-electron chi connectivity index (χ3n) is 8.93. The molecule has 0 aliphatic carbocycles. The van der Waals surface area contributed by atoms with E-state index in [4.69, 9.17) is 4.74 Å². The summed E-state index contributed by atoms with van der Waals surface area (Å²) in [6.45, 7) is 3.23. The molecule has 43 heavy (non-hydrogen) atoms. The number of rotatable bonds is 5. The maximum atomic E-state index is 5.98. The van der Waals surface area contributed by atoms with Crippen LogP contribution in [0.2, 0.25) is 0 Å². The van der Waals surface area contributed by atoms with Gasteiger partial charge in [0.05, 0.1) is 33.1 Å². The number of aromatic nitrogens is 3. The van der Waals surface area contributed by atoms with E-state index in [2.05, 4.69) is 154 Å². The predicted octanol–water partition coefficient (Wildman–Crippen LogP) is 9.98. The van der Waals surface area contributed by atoms with Crippen LogP contribution >= 0.6 is 0 Å². The minimum atomic E-state index is 0.514. The summed E-state index contributed by atoms with van der Waals surface area (Å²) < 4.78 is 13.1. The Bertz CT molecular complexity index is 2230. The van der Waals surface area contributed by atoms with Gasteiger partial charge in [0.2, 0.25) is 0 Å². The van der Waals surface area contributed by atoms with Gasteiger partial charge in [-0.05, 0) is 67.6 Å². The lowest BCUT2D eigenvalue weighted by Crippen LogP contribution is -2.02. The summed E-state index contributed by atoms with van der Waals surface area (Å²) in [5, 5.41) is 7.51. The third-order valence-corrected chi connectivity index (χ3v) is 8.93. The van der Waals surface area contributed by atoms with Crippen molar-refractivity contribution in [1.29, 1.82) is 0 Å². The summed E-state index contributed by atoms with van der Waals surface area (Å²) in [6.07, 6.45) is 0. The standard InChI is InChI=1S/C39H29N3O/c1-2-43-25-40-34-21-19-26(41-36-15-7-3-11-28(36)29-12-4-8-16-37(29)41)23-32(34)33-24-27(20-22-35(33)40)42-38-17-9-5-13-30(38)31-14-6-10-18-39(31)42/h3-24H,2,25H2,1H3. The van der Waals surface area contributed by atoms with Crippen molar-refractivity contribution in [1.82, 2.24) is 13.7 Å². The fourth-order valence-electron chi connectivity index (χ4n) is 7.08. The van der Waals surface area contributed by atoms with Gasteiger partial charge < -0.3 is 18.4 Å². The molecule has 0 aliphatic rings. The summed E-state index contributed by atoms with van der Waals surface area (Å²) in [7, 11) is 0. The molecule has 0 radical (unpaired) electrons. The minimum absolute atomic E-state index is 0.514. The van der Waals surface area contributed by atoms with Gasteiger partial charge in [-0.3, -0.25) is 0 Å². The first-order valence-corrected chi connectivity index (χ1v) is 14.9. The minimum Gasteiger partial charge on any atom is -0.361 e. The van der Waals surface area contributed by atoms with Gasteiger partial charge in [-0.1, -0.05) is 72.8 Å². The monoisotopic (exact) mass is 555 g/mol. The Morgan fingerprint density at radius 2 is 0.791 bits per heavy atom. The van der Waals surface area contributed by atoms with E-state index in [-0.39, 0.29) is 0 Å². The molecule has 0 fully saturated rings. The molecule has 3 heterocycles. The van der Waals surface area contributed by atoms with Gasteiger partial charge in [0.1, 0.15) is 6.73 Å². The molecule has 0 amide bonds. The highest BCUT2D eigenvalue weighted by atomic mass is 16.5. The predicted molar refractivity (Wildman–Crippen MR) is 180 cm³/mol. The number of hydrogen-bond donors (Lipinski definition) is 0. The van der Waals surface area contributed by atoms with Crippen LogP contribution in [0.15, 0.2) is 133 Å². The van der Waals surface area contributed by atoms with Gasteiger partial charge in [-0.2, -0.15) is 0 Å². The van der Waals surface area contributed by atoms with E-state index in [0.717, 1.165) is 11.4 Å². The maximum absolute atomic E-state index is 5.98. The first-order valence-electron chi connectivity index (χ1n) is 14.9. The number of para-hydroxylation sites is 4. The van der Waals surface area contributed by atoms with Crippen molar-refractivity contribution in [2.45, 2.75) is 13.7 Å². The Labute approximate surface area is 248 Å². The average molecular weight is 556 g/mol. The van der Waals surface area contributed by atoms with Crippen molar-refractivity contribution in [2.24, 2.45) is 0 Å². The van der Waals surface area contributed by atoms with Gasteiger partial charge in [0.25, 0.3) is 0 Å². The Morgan fingerprint density at radius 3 is 1.16 bits per heavy atom. The molecule has 4 nitrogen and oxygen atoms in total. The molecule has 0 saturated carbocycles. The van der Waals surface area contributed by atoms with E-state index in [1.807, 2.05) is 0 Å². The average Bonchev–Trinajstić information content (AvgIpc) is 3.69. The zero-order valence-electron chi connectivity index (χ0n) is 23.9. The van der Waals surface area contributed by atoms with Crippen LogP contribution in [0.3, 0.4) is 0 Å². The lowest BCUT2D eigenvalue weighted by Gasteiger charge is -2.10. The summed E-state index contributed by atoms with van der Waals surface area (Å²) in [6, 6.07) is 48.5. The van der Waals surface area contributed by atoms with E-state index in [0.29, 0.717) is 13.3 Å². The zero-order valence-corrected chi connectivity index (χ0v) is 23.9. The fourth-order valence-corrected chi connectivity index (χ4v) is 7.08. The van der Waals surface area contributed by atoms with E-state index < -0.39 is 0 Å². The maximum Gasteiger partial charge on any atom is 0.123 e. The van der Waals surface area contributed by atoms with Crippen LogP contribution < -0.4 is 0 Å². The molecule has 206 valence electrons. The molecule has 0 aliphatic heterocycles. The summed E-state index contributed by atoms with van der Waals surface area (Å²) in [5.74, 6) is 0. The molecule has 0 N–H and O–H groups in total. The molecule has 9 rings (SSSR count). The van der Waals surface area contributed by atoms with Gasteiger partial charge in [-0.15, -0.1) is 0 Å². The molecular formula is C39H29N3O. The topological polar surface area (TPSA) is 24.0 Å². The highest BCUT2D eigenvalue weighted by Gasteiger charge is 2.17. The van der Waals surface area contributed by atoms with Gasteiger partial charge in [0.15, 0.2) is 0 Å². The van der Waals surface area contributed by atoms with Crippen molar-refractivity contribution >= 4 is 65.4 Å². The molecular weight excluding hydrogens is 526 g/mol. The van der Waals surface area contributed by atoms with Crippen LogP contribution in [0.1, 0.15) is 6.92 Å². The number of benzene rings is 6. The number of hydrogen-bond acceptors (Lipinski definition) is 1. The zero-order chi connectivity index (χ0) is 28.5. The van der Waals surface area contributed by atoms with Crippen LogP contribution in [0.4, 0.5) is 0 Å². The molecule has 3 aromatic heterocycles. The smallest absolute Gasteiger partial charge is 0.123 e. The molecule has 6 aromatic carbocycles. The first kappa shape index (κ1) is 24.3. The second-order valence-corrected chi connectivity index (χ2v) is 11.2. The lowest BCUT2D eigenvalue weighted by molar-refractivity contribution is 0.0936. The van der Waals surface area contributed by atoms with Crippen molar-refractivity contribution in [2.75, 3.05) is 6.61 Å². The SMILES string of the molecule is CCOCn1c2ccc(-n3c4ccccc4c4ccccc43)cc2c2cc(-n3c4ccccc4c4ccccc43)ccc21. The third kappa shape index (κ3) is 3.47. The number of nitrogens with zero attached hydrogens (tertiary/aromatic N) is 3. The van der Waals surface area contributed by atoms with Crippen LogP contribution in [0, 0.1) is 0 Å². The van der Waals surface area contributed by atoms with E-state index in [1.165, 1.54) is 65.4 Å². The van der Waals surface area contributed by atoms with Crippen molar-refractivity contribution in [3.63, 3.8) is 0 Å². The molecule has 0 spiro atoms. The van der Waals surface area contributed by atoms with Crippen molar-refractivity contribution in [3.8, 4) is 11.4 Å².